The summed E-state index contributed by atoms with van der Waals surface area (Å²) in [5.41, 5.74) is 6.12. The zero-order chi connectivity index (χ0) is 9.97. The Labute approximate surface area is 88.4 Å². The molecule has 14 heavy (non-hydrogen) atoms. The molecule has 1 heteroatoms. The number of rotatable bonds is 1. The fraction of sp³-hybridized carbons (Fsp3) is 1.00. The molecule has 2 aliphatic carbocycles. The highest BCUT2D eigenvalue weighted by molar-refractivity contribution is 4.84. The highest BCUT2D eigenvalue weighted by atomic mass is 14.6. The number of hydrogen-bond acceptors (Lipinski definition) is 1. The first-order chi connectivity index (χ1) is 6.77. The van der Waals surface area contributed by atoms with Crippen molar-refractivity contribution in [2.24, 2.45) is 23.5 Å². The van der Waals surface area contributed by atoms with Crippen molar-refractivity contribution in [1.82, 2.24) is 0 Å². The first-order valence-electron chi connectivity index (χ1n) is 6.53. The van der Waals surface area contributed by atoms with Gasteiger partial charge in [-0.15, -0.1) is 0 Å². The second-order valence-electron chi connectivity index (χ2n) is 5.60. The maximum Gasteiger partial charge on any atom is 0.00414 e. The normalized spacial score (nSPS) is 41.1. The van der Waals surface area contributed by atoms with Crippen molar-refractivity contribution in [3.63, 3.8) is 0 Å². The van der Waals surface area contributed by atoms with Gasteiger partial charge in [0.2, 0.25) is 0 Å². The molecule has 0 aromatic rings. The van der Waals surface area contributed by atoms with E-state index >= 15 is 0 Å². The van der Waals surface area contributed by atoms with Gasteiger partial charge in [-0.2, -0.15) is 0 Å². The zero-order valence-corrected chi connectivity index (χ0v) is 9.54. The summed E-state index contributed by atoms with van der Waals surface area (Å²) in [7, 11) is 0. The zero-order valence-electron chi connectivity index (χ0n) is 9.54. The van der Waals surface area contributed by atoms with Crippen LogP contribution in [0, 0.1) is 17.8 Å². The molecule has 2 saturated carbocycles. The van der Waals surface area contributed by atoms with Crippen LogP contribution in [0.2, 0.25) is 0 Å². The van der Waals surface area contributed by atoms with Crippen molar-refractivity contribution in [1.29, 1.82) is 0 Å². The summed E-state index contributed by atoms with van der Waals surface area (Å²) in [5.74, 6) is 2.85. The Hall–Kier alpha value is -0.0400. The predicted octanol–water partition coefficient (Wildman–Crippen LogP) is 3.33. The molecule has 0 aliphatic heterocycles. The van der Waals surface area contributed by atoms with E-state index in [9.17, 15) is 0 Å². The van der Waals surface area contributed by atoms with E-state index in [1.165, 1.54) is 51.4 Å². The highest BCUT2D eigenvalue weighted by Crippen LogP contribution is 2.41. The molecule has 2 aliphatic rings. The number of fused-ring (bicyclic) bond motifs is 2. The SMILES string of the molecule is CC(N)C1CCCCC2CCCC1C2. The van der Waals surface area contributed by atoms with Crippen molar-refractivity contribution in [2.75, 3.05) is 0 Å². The Balaban J connectivity index is 2.01. The Morgan fingerprint density at radius 2 is 1.71 bits per heavy atom. The molecule has 2 N–H and O–H groups in total. The molecule has 0 saturated heterocycles. The van der Waals surface area contributed by atoms with E-state index < -0.39 is 0 Å². The molecule has 0 aromatic heterocycles. The molecule has 82 valence electrons. The van der Waals surface area contributed by atoms with Gasteiger partial charge in [-0.25, -0.2) is 0 Å². The first kappa shape index (κ1) is 10.5. The fourth-order valence-corrected chi connectivity index (χ4v) is 3.72. The van der Waals surface area contributed by atoms with Crippen LogP contribution in [0.5, 0.6) is 0 Å². The van der Waals surface area contributed by atoms with E-state index in [1.807, 2.05) is 0 Å². The Bertz CT molecular complexity index is 176. The van der Waals surface area contributed by atoms with Crippen molar-refractivity contribution in [3.8, 4) is 0 Å². The molecule has 4 atom stereocenters. The van der Waals surface area contributed by atoms with Gasteiger partial charge in [0.05, 0.1) is 0 Å². The average molecular weight is 195 g/mol. The third-order valence-electron chi connectivity index (χ3n) is 4.50. The van der Waals surface area contributed by atoms with Gasteiger partial charge in [-0.05, 0) is 37.5 Å². The van der Waals surface area contributed by atoms with Crippen LogP contribution < -0.4 is 5.73 Å². The van der Waals surface area contributed by atoms with Gasteiger partial charge in [0.25, 0.3) is 0 Å². The number of nitrogens with two attached hydrogens (primary N) is 1. The summed E-state index contributed by atoms with van der Waals surface area (Å²) in [6, 6.07) is 0.428. The molecule has 0 aromatic carbocycles. The summed E-state index contributed by atoms with van der Waals surface area (Å²) in [4.78, 5) is 0. The van der Waals surface area contributed by atoms with Crippen LogP contribution in [0.4, 0.5) is 0 Å². The molecule has 2 fully saturated rings. The quantitative estimate of drug-likeness (QED) is 0.682. The molecular weight excluding hydrogens is 170 g/mol. The van der Waals surface area contributed by atoms with Crippen molar-refractivity contribution in [2.45, 2.75) is 64.3 Å². The van der Waals surface area contributed by atoms with E-state index in [0.29, 0.717) is 6.04 Å². The van der Waals surface area contributed by atoms with Crippen LogP contribution in [-0.2, 0) is 0 Å². The molecular formula is C13H25N. The summed E-state index contributed by atoms with van der Waals surface area (Å²) < 4.78 is 0. The minimum atomic E-state index is 0.428. The third kappa shape index (κ3) is 2.31. The number of hydrogen-bond donors (Lipinski definition) is 1. The lowest BCUT2D eigenvalue weighted by Gasteiger charge is -2.38. The minimum Gasteiger partial charge on any atom is -0.328 e. The van der Waals surface area contributed by atoms with Gasteiger partial charge < -0.3 is 5.73 Å². The Morgan fingerprint density at radius 3 is 2.50 bits per heavy atom. The predicted molar refractivity (Wildman–Crippen MR) is 61.1 cm³/mol. The van der Waals surface area contributed by atoms with E-state index in [4.69, 9.17) is 5.73 Å². The summed E-state index contributed by atoms with van der Waals surface area (Å²) in [6.07, 6.45) is 11.7. The van der Waals surface area contributed by atoms with Crippen LogP contribution in [0.25, 0.3) is 0 Å². The lowest BCUT2D eigenvalue weighted by molar-refractivity contribution is 0.142. The molecule has 2 rings (SSSR count). The smallest absolute Gasteiger partial charge is 0.00414 e. The highest BCUT2D eigenvalue weighted by Gasteiger charge is 2.31. The lowest BCUT2D eigenvalue weighted by Crippen LogP contribution is -2.36. The van der Waals surface area contributed by atoms with Crippen LogP contribution >= 0.6 is 0 Å². The topological polar surface area (TPSA) is 26.0 Å². The molecule has 0 spiro atoms. The van der Waals surface area contributed by atoms with Crippen molar-refractivity contribution < 1.29 is 0 Å². The fourth-order valence-electron chi connectivity index (χ4n) is 3.72. The minimum absolute atomic E-state index is 0.428. The third-order valence-corrected chi connectivity index (χ3v) is 4.50. The van der Waals surface area contributed by atoms with Gasteiger partial charge in [0.1, 0.15) is 0 Å². The van der Waals surface area contributed by atoms with E-state index in [2.05, 4.69) is 6.92 Å². The van der Waals surface area contributed by atoms with E-state index in [1.54, 1.807) is 0 Å². The van der Waals surface area contributed by atoms with Gasteiger partial charge >= 0.3 is 0 Å². The second kappa shape index (κ2) is 4.65. The van der Waals surface area contributed by atoms with Gasteiger partial charge in [-0.1, -0.05) is 38.5 Å². The van der Waals surface area contributed by atoms with Crippen molar-refractivity contribution >= 4 is 0 Å². The molecule has 0 amide bonds. The monoisotopic (exact) mass is 195 g/mol. The summed E-state index contributed by atoms with van der Waals surface area (Å²) in [6.45, 7) is 2.22. The van der Waals surface area contributed by atoms with E-state index in [-0.39, 0.29) is 0 Å². The maximum absolute atomic E-state index is 6.12. The summed E-state index contributed by atoms with van der Waals surface area (Å²) in [5, 5.41) is 0. The molecule has 2 bridgehead atoms. The van der Waals surface area contributed by atoms with Gasteiger partial charge in [0, 0.05) is 6.04 Å². The van der Waals surface area contributed by atoms with Crippen LogP contribution in [-0.4, -0.2) is 6.04 Å². The van der Waals surface area contributed by atoms with Crippen molar-refractivity contribution in [3.05, 3.63) is 0 Å². The Morgan fingerprint density at radius 1 is 1.00 bits per heavy atom. The standard InChI is InChI=1S/C13H25N/c1-10(14)13-8-3-2-5-11-6-4-7-12(13)9-11/h10-13H,2-9,14H2,1H3. The summed E-state index contributed by atoms with van der Waals surface area (Å²) >= 11 is 0. The second-order valence-corrected chi connectivity index (χ2v) is 5.60. The Kier molecular flexibility index (Phi) is 3.48. The van der Waals surface area contributed by atoms with Crippen LogP contribution in [0.3, 0.4) is 0 Å². The average Bonchev–Trinajstić information content (AvgIpc) is 2.15. The van der Waals surface area contributed by atoms with Crippen LogP contribution in [0.15, 0.2) is 0 Å². The van der Waals surface area contributed by atoms with E-state index in [0.717, 1.165) is 17.8 Å². The largest absolute Gasteiger partial charge is 0.328 e. The lowest BCUT2D eigenvalue weighted by atomic mass is 9.68. The molecule has 1 nitrogen and oxygen atoms in total. The maximum atomic E-state index is 6.12. The van der Waals surface area contributed by atoms with Gasteiger partial charge in [-0.3, -0.25) is 0 Å². The van der Waals surface area contributed by atoms with Crippen LogP contribution in [0.1, 0.15) is 58.3 Å². The first-order valence-corrected chi connectivity index (χ1v) is 6.53. The molecule has 4 unspecified atom stereocenters. The molecule has 0 heterocycles. The molecule has 0 radical (unpaired) electrons. The van der Waals surface area contributed by atoms with Gasteiger partial charge in [0.15, 0.2) is 0 Å².